The van der Waals surface area contributed by atoms with Crippen molar-refractivity contribution in [3.8, 4) is 0 Å². The summed E-state index contributed by atoms with van der Waals surface area (Å²) in [5.74, 6) is 0.631. The van der Waals surface area contributed by atoms with E-state index in [2.05, 4.69) is 19.2 Å². The van der Waals surface area contributed by atoms with E-state index in [0.29, 0.717) is 6.04 Å². The molecule has 0 radical (unpaired) electrons. The molecule has 0 saturated carbocycles. The average molecular weight is 199 g/mol. The van der Waals surface area contributed by atoms with E-state index in [-0.39, 0.29) is 12.0 Å². The minimum absolute atomic E-state index is 0.0582. The van der Waals surface area contributed by atoms with Gasteiger partial charge in [-0.2, -0.15) is 0 Å². The van der Waals surface area contributed by atoms with Gasteiger partial charge >= 0.3 is 5.97 Å². The van der Waals surface area contributed by atoms with Crippen LogP contribution in [0.2, 0.25) is 0 Å². The summed E-state index contributed by atoms with van der Waals surface area (Å²) in [6.07, 6.45) is 4.43. The van der Waals surface area contributed by atoms with Crippen LogP contribution in [-0.2, 0) is 9.53 Å². The van der Waals surface area contributed by atoms with Crippen molar-refractivity contribution in [1.29, 1.82) is 0 Å². The summed E-state index contributed by atoms with van der Waals surface area (Å²) in [5, 5.41) is 3.32. The molecule has 0 bridgehead atoms. The van der Waals surface area contributed by atoms with E-state index >= 15 is 0 Å². The molecule has 1 aliphatic heterocycles. The minimum atomic E-state index is -0.114. The molecule has 3 heteroatoms. The van der Waals surface area contributed by atoms with Gasteiger partial charge in [0, 0.05) is 6.04 Å². The smallest absolute Gasteiger partial charge is 0.322 e. The monoisotopic (exact) mass is 199 g/mol. The predicted molar refractivity (Wildman–Crippen MR) is 56.0 cm³/mol. The van der Waals surface area contributed by atoms with Gasteiger partial charge in [0.05, 0.1) is 7.11 Å². The third-order valence-electron chi connectivity index (χ3n) is 2.82. The Bertz CT molecular complexity index is 192. The molecule has 0 spiro atoms. The number of carbonyl (C=O) groups excluding carboxylic acids is 1. The lowest BCUT2D eigenvalue weighted by Crippen LogP contribution is -2.36. The third-order valence-corrected chi connectivity index (χ3v) is 2.82. The Morgan fingerprint density at radius 1 is 1.50 bits per heavy atom. The van der Waals surface area contributed by atoms with Crippen LogP contribution in [0.15, 0.2) is 0 Å². The van der Waals surface area contributed by atoms with Crippen LogP contribution in [0, 0.1) is 5.92 Å². The fraction of sp³-hybridized carbons (Fsp3) is 0.909. The molecule has 1 saturated heterocycles. The molecule has 1 N–H and O–H groups in total. The summed E-state index contributed by atoms with van der Waals surface area (Å²) in [5.41, 5.74) is 0. The van der Waals surface area contributed by atoms with Gasteiger partial charge in [0.15, 0.2) is 0 Å². The van der Waals surface area contributed by atoms with Gasteiger partial charge in [-0.3, -0.25) is 4.79 Å². The van der Waals surface area contributed by atoms with E-state index in [1.54, 1.807) is 0 Å². The van der Waals surface area contributed by atoms with Gasteiger partial charge in [0.25, 0.3) is 0 Å². The largest absolute Gasteiger partial charge is 0.468 e. The van der Waals surface area contributed by atoms with Crippen molar-refractivity contribution in [2.75, 3.05) is 7.11 Å². The highest BCUT2D eigenvalue weighted by molar-refractivity contribution is 5.76. The van der Waals surface area contributed by atoms with Gasteiger partial charge in [-0.15, -0.1) is 0 Å². The Labute approximate surface area is 86.2 Å². The highest BCUT2D eigenvalue weighted by Crippen LogP contribution is 2.19. The van der Waals surface area contributed by atoms with Crippen LogP contribution >= 0.6 is 0 Å². The first-order valence-corrected chi connectivity index (χ1v) is 5.47. The van der Waals surface area contributed by atoms with E-state index < -0.39 is 0 Å². The molecule has 0 amide bonds. The van der Waals surface area contributed by atoms with Crippen molar-refractivity contribution < 1.29 is 9.53 Å². The van der Waals surface area contributed by atoms with Crippen molar-refractivity contribution in [2.24, 2.45) is 5.92 Å². The molecule has 0 aromatic rings. The Kier molecular flexibility index (Phi) is 4.39. The zero-order chi connectivity index (χ0) is 10.6. The molecule has 0 aliphatic carbocycles. The maximum Gasteiger partial charge on any atom is 0.322 e. The van der Waals surface area contributed by atoms with Crippen LogP contribution in [0.1, 0.15) is 39.5 Å². The van der Waals surface area contributed by atoms with Gasteiger partial charge in [-0.05, 0) is 31.6 Å². The lowest BCUT2D eigenvalue weighted by atomic mass is 10.0. The average Bonchev–Trinajstić information content (AvgIpc) is 2.62. The number of hydrogen-bond donors (Lipinski definition) is 1. The van der Waals surface area contributed by atoms with Gasteiger partial charge in [-0.25, -0.2) is 0 Å². The number of esters is 1. The molecule has 1 heterocycles. The Morgan fingerprint density at radius 2 is 2.21 bits per heavy atom. The fourth-order valence-electron chi connectivity index (χ4n) is 1.91. The van der Waals surface area contributed by atoms with Crippen LogP contribution in [0.4, 0.5) is 0 Å². The summed E-state index contributed by atoms with van der Waals surface area (Å²) in [4.78, 5) is 11.2. The van der Waals surface area contributed by atoms with Gasteiger partial charge in [0.2, 0.25) is 0 Å². The Morgan fingerprint density at radius 3 is 2.79 bits per heavy atom. The van der Waals surface area contributed by atoms with E-state index in [4.69, 9.17) is 4.74 Å². The topological polar surface area (TPSA) is 38.3 Å². The van der Waals surface area contributed by atoms with Crippen LogP contribution in [-0.4, -0.2) is 25.2 Å². The predicted octanol–water partition coefficient (Wildman–Crippen LogP) is 1.72. The van der Waals surface area contributed by atoms with E-state index in [9.17, 15) is 4.79 Å². The fourth-order valence-corrected chi connectivity index (χ4v) is 1.91. The standard InChI is InChI=1S/C11H21NO2/c1-8(2)4-5-9-6-7-10(12-9)11(13)14-3/h8-10,12H,4-7H2,1-3H3/t9-,10+/m1/s1. The summed E-state index contributed by atoms with van der Waals surface area (Å²) < 4.78 is 4.71. The second kappa shape index (κ2) is 5.35. The second-order valence-electron chi connectivity index (χ2n) is 4.49. The number of methoxy groups -OCH3 is 1. The first-order valence-electron chi connectivity index (χ1n) is 5.47. The number of ether oxygens (including phenoxy) is 1. The maximum absolute atomic E-state index is 11.2. The lowest BCUT2D eigenvalue weighted by Gasteiger charge is -2.13. The van der Waals surface area contributed by atoms with Crippen molar-refractivity contribution in [2.45, 2.75) is 51.6 Å². The van der Waals surface area contributed by atoms with E-state index in [1.165, 1.54) is 20.0 Å². The molecule has 82 valence electrons. The number of carbonyl (C=O) groups is 1. The summed E-state index contributed by atoms with van der Waals surface area (Å²) in [7, 11) is 1.45. The van der Waals surface area contributed by atoms with E-state index in [0.717, 1.165) is 18.8 Å². The van der Waals surface area contributed by atoms with Crippen molar-refractivity contribution >= 4 is 5.97 Å². The second-order valence-corrected chi connectivity index (χ2v) is 4.49. The van der Waals surface area contributed by atoms with Crippen LogP contribution < -0.4 is 5.32 Å². The normalized spacial score (nSPS) is 26.9. The quantitative estimate of drug-likeness (QED) is 0.701. The highest BCUT2D eigenvalue weighted by Gasteiger charge is 2.29. The Hall–Kier alpha value is -0.570. The molecule has 3 nitrogen and oxygen atoms in total. The summed E-state index contributed by atoms with van der Waals surface area (Å²) >= 11 is 0. The first-order chi connectivity index (χ1) is 6.63. The number of hydrogen-bond acceptors (Lipinski definition) is 3. The molecule has 0 aromatic carbocycles. The molecule has 0 aromatic heterocycles. The summed E-state index contributed by atoms with van der Waals surface area (Å²) in [6, 6.07) is 0.457. The third kappa shape index (κ3) is 3.29. The zero-order valence-corrected chi connectivity index (χ0v) is 9.38. The van der Waals surface area contributed by atoms with Gasteiger partial charge in [-0.1, -0.05) is 13.8 Å². The van der Waals surface area contributed by atoms with Crippen LogP contribution in [0.25, 0.3) is 0 Å². The van der Waals surface area contributed by atoms with Crippen LogP contribution in [0.5, 0.6) is 0 Å². The highest BCUT2D eigenvalue weighted by atomic mass is 16.5. The molecule has 1 fully saturated rings. The number of nitrogens with one attached hydrogen (secondary N) is 1. The minimum Gasteiger partial charge on any atom is -0.468 e. The van der Waals surface area contributed by atoms with Crippen LogP contribution in [0.3, 0.4) is 0 Å². The van der Waals surface area contributed by atoms with Crippen molar-refractivity contribution in [3.05, 3.63) is 0 Å². The first kappa shape index (κ1) is 11.5. The van der Waals surface area contributed by atoms with E-state index in [1.807, 2.05) is 0 Å². The molecular weight excluding hydrogens is 178 g/mol. The zero-order valence-electron chi connectivity index (χ0n) is 9.38. The van der Waals surface area contributed by atoms with Crippen molar-refractivity contribution in [3.63, 3.8) is 0 Å². The molecule has 14 heavy (non-hydrogen) atoms. The maximum atomic E-state index is 11.2. The molecule has 2 atom stereocenters. The van der Waals surface area contributed by atoms with Crippen molar-refractivity contribution in [1.82, 2.24) is 5.32 Å². The van der Waals surface area contributed by atoms with Gasteiger partial charge in [0.1, 0.15) is 6.04 Å². The molecule has 1 aliphatic rings. The Balaban J connectivity index is 2.23. The molecule has 0 unspecified atom stereocenters. The lowest BCUT2D eigenvalue weighted by molar-refractivity contribution is -0.142. The SMILES string of the molecule is COC(=O)[C@@H]1CC[C@@H](CCC(C)C)N1. The van der Waals surface area contributed by atoms with Gasteiger partial charge < -0.3 is 10.1 Å². The molecule has 1 rings (SSSR count). The summed E-state index contributed by atoms with van der Waals surface area (Å²) in [6.45, 7) is 4.46. The number of rotatable bonds is 4. The molecular formula is C11H21NO2.